The first-order valence-corrected chi connectivity index (χ1v) is 11.9. The maximum absolute atomic E-state index is 13.3. The normalized spacial score (nSPS) is 10.7. The molecule has 0 spiro atoms. The van der Waals surface area contributed by atoms with Crippen LogP contribution in [0.3, 0.4) is 0 Å². The molecule has 6 nitrogen and oxygen atoms in total. The number of amides is 1. The van der Waals surface area contributed by atoms with Crippen LogP contribution in [0.15, 0.2) is 67.0 Å². The Morgan fingerprint density at radius 3 is 2.18 bits per heavy atom. The van der Waals surface area contributed by atoms with Crippen LogP contribution in [0.4, 0.5) is 5.69 Å². The van der Waals surface area contributed by atoms with Crippen molar-refractivity contribution in [3.63, 3.8) is 0 Å². The van der Waals surface area contributed by atoms with Gasteiger partial charge in [0.1, 0.15) is 11.3 Å². The third-order valence-corrected chi connectivity index (χ3v) is 5.88. The molecule has 3 rings (SSSR count). The number of carboxylic acids is 1. The van der Waals surface area contributed by atoms with Crippen LogP contribution in [0.1, 0.15) is 77.3 Å². The second-order valence-electron chi connectivity index (χ2n) is 8.47. The van der Waals surface area contributed by atoms with Crippen molar-refractivity contribution >= 4 is 17.6 Å². The van der Waals surface area contributed by atoms with E-state index in [9.17, 15) is 19.8 Å². The number of carboxylic acid groups (broad SMARTS) is 1. The highest BCUT2D eigenvalue weighted by Gasteiger charge is 2.21. The van der Waals surface area contributed by atoms with E-state index in [2.05, 4.69) is 24.0 Å². The van der Waals surface area contributed by atoms with Crippen LogP contribution in [-0.2, 0) is 13.0 Å². The van der Waals surface area contributed by atoms with Crippen molar-refractivity contribution in [1.82, 2.24) is 4.98 Å². The van der Waals surface area contributed by atoms with Crippen molar-refractivity contribution in [1.29, 1.82) is 0 Å². The Balaban J connectivity index is 1.76. The number of aromatic carboxylic acids is 1. The molecule has 0 unspecified atom stereocenters. The first-order valence-electron chi connectivity index (χ1n) is 11.9. The van der Waals surface area contributed by atoms with E-state index in [1.807, 2.05) is 12.1 Å². The minimum atomic E-state index is -1.25. The number of aromatic hydroxyl groups is 1. The standard InChI is InChI=1S/C28H32N2O4/c1-2-3-4-5-6-7-8-21-9-11-22(12-10-21)20-30(27(32)23-15-17-29-18-16-23)24-13-14-26(31)25(19-24)28(33)34/h9-19,31H,2-8,20H2,1H3,(H,33,34). The van der Waals surface area contributed by atoms with E-state index in [0.717, 1.165) is 12.0 Å². The first kappa shape index (κ1) is 25.0. The molecule has 0 saturated heterocycles. The zero-order valence-corrected chi connectivity index (χ0v) is 19.6. The Kier molecular flexibility index (Phi) is 9.21. The SMILES string of the molecule is CCCCCCCCc1ccc(CN(C(=O)c2ccncc2)c2ccc(O)c(C(=O)O)c2)cc1. The summed E-state index contributed by atoms with van der Waals surface area (Å²) in [5.74, 6) is -1.87. The van der Waals surface area contributed by atoms with Gasteiger partial charge in [-0.1, -0.05) is 63.3 Å². The number of rotatable bonds is 12. The lowest BCUT2D eigenvalue weighted by atomic mass is 10.0. The van der Waals surface area contributed by atoms with Gasteiger partial charge in [-0.15, -0.1) is 0 Å². The second-order valence-corrected chi connectivity index (χ2v) is 8.47. The fourth-order valence-electron chi connectivity index (χ4n) is 3.90. The van der Waals surface area contributed by atoms with Crippen molar-refractivity contribution in [2.75, 3.05) is 4.90 Å². The minimum absolute atomic E-state index is 0.251. The van der Waals surface area contributed by atoms with Crippen molar-refractivity contribution in [2.24, 2.45) is 0 Å². The summed E-state index contributed by atoms with van der Waals surface area (Å²) in [6.45, 7) is 2.49. The van der Waals surface area contributed by atoms with Gasteiger partial charge in [-0.05, 0) is 54.3 Å². The molecule has 2 N–H and O–H groups in total. The van der Waals surface area contributed by atoms with Crippen molar-refractivity contribution < 1.29 is 19.8 Å². The van der Waals surface area contributed by atoms with E-state index in [4.69, 9.17) is 0 Å². The number of aryl methyl sites for hydroxylation is 1. The topological polar surface area (TPSA) is 90.7 Å². The number of pyridine rings is 1. The van der Waals surface area contributed by atoms with Crippen LogP contribution < -0.4 is 4.90 Å². The molecule has 0 saturated carbocycles. The molecule has 0 aliphatic rings. The first-order chi connectivity index (χ1) is 16.5. The largest absolute Gasteiger partial charge is 0.507 e. The monoisotopic (exact) mass is 460 g/mol. The summed E-state index contributed by atoms with van der Waals surface area (Å²) in [6.07, 6.45) is 11.7. The predicted octanol–water partition coefficient (Wildman–Crippen LogP) is 6.24. The molecule has 0 bridgehead atoms. The van der Waals surface area contributed by atoms with Crippen LogP contribution in [0.2, 0.25) is 0 Å². The molecule has 6 heteroatoms. The molecule has 178 valence electrons. The number of anilines is 1. The molecule has 1 aromatic heterocycles. The van der Waals surface area contributed by atoms with Gasteiger partial charge in [-0.3, -0.25) is 9.78 Å². The lowest BCUT2D eigenvalue weighted by Crippen LogP contribution is -2.30. The van der Waals surface area contributed by atoms with E-state index in [1.54, 1.807) is 30.6 Å². The van der Waals surface area contributed by atoms with Gasteiger partial charge < -0.3 is 15.1 Å². The van der Waals surface area contributed by atoms with Gasteiger partial charge in [0, 0.05) is 23.6 Å². The summed E-state index contributed by atoms with van der Waals surface area (Å²) in [5, 5.41) is 19.3. The number of benzene rings is 2. The van der Waals surface area contributed by atoms with E-state index >= 15 is 0 Å². The molecule has 0 aliphatic heterocycles. The number of hydrogen-bond donors (Lipinski definition) is 2. The molecular formula is C28H32N2O4. The van der Waals surface area contributed by atoms with Gasteiger partial charge in [0.05, 0.1) is 6.54 Å². The Labute approximate surface area is 200 Å². The molecule has 0 atom stereocenters. The van der Waals surface area contributed by atoms with Gasteiger partial charge in [0.25, 0.3) is 5.91 Å². The average Bonchev–Trinajstić information content (AvgIpc) is 2.86. The average molecular weight is 461 g/mol. The minimum Gasteiger partial charge on any atom is -0.507 e. The van der Waals surface area contributed by atoms with Crippen molar-refractivity contribution in [3.8, 4) is 5.75 Å². The number of carbonyl (C=O) groups is 2. The number of carbonyl (C=O) groups excluding carboxylic acids is 1. The van der Waals surface area contributed by atoms with Crippen LogP contribution in [0.5, 0.6) is 5.75 Å². The third-order valence-electron chi connectivity index (χ3n) is 5.88. The summed E-state index contributed by atoms with van der Waals surface area (Å²) in [7, 11) is 0. The Hall–Kier alpha value is -3.67. The number of unbranched alkanes of at least 4 members (excludes halogenated alkanes) is 5. The molecule has 0 fully saturated rings. The van der Waals surface area contributed by atoms with Gasteiger partial charge in [-0.25, -0.2) is 4.79 Å². The maximum atomic E-state index is 13.3. The fourth-order valence-corrected chi connectivity index (χ4v) is 3.90. The number of phenols is 1. The van der Waals surface area contributed by atoms with E-state index in [1.165, 1.54) is 61.1 Å². The molecular weight excluding hydrogens is 428 g/mol. The van der Waals surface area contributed by atoms with Crippen LogP contribution in [0.25, 0.3) is 0 Å². The summed E-state index contributed by atoms with van der Waals surface area (Å²) in [6, 6.07) is 15.6. The smallest absolute Gasteiger partial charge is 0.339 e. The maximum Gasteiger partial charge on any atom is 0.339 e. The molecule has 1 amide bonds. The highest BCUT2D eigenvalue weighted by atomic mass is 16.4. The lowest BCUT2D eigenvalue weighted by Gasteiger charge is -2.24. The van der Waals surface area contributed by atoms with Crippen LogP contribution >= 0.6 is 0 Å². The Morgan fingerprint density at radius 1 is 0.853 bits per heavy atom. The van der Waals surface area contributed by atoms with E-state index in [0.29, 0.717) is 11.3 Å². The fraction of sp³-hybridized carbons (Fsp3) is 0.321. The summed E-state index contributed by atoms with van der Waals surface area (Å²) in [4.78, 5) is 30.3. The van der Waals surface area contributed by atoms with Gasteiger partial charge in [0.2, 0.25) is 0 Å². The number of nitrogens with zero attached hydrogens (tertiary/aromatic N) is 2. The van der Waals surface area contributed by atoms with Crippen LogP contribution in [-0.4, -0.2) is 27.1 Å². The lowest BCUT2D eigenvalue weighted by molar-refractivity contribution is 0.0693. The predicted molar refractivity (Wildman–Crippen MR) is 133 cm³/mol. The zero-order chi connectivity index (χ0) is 24.3. The van der Waals surface area contributed by atoms with Gasteiger partial charge in [0.15, 0.2) is 0 Å². The summed E-state index contributed by atoms with van der Waals surface area (Å²) in [5.41, 5.74) is 2.79. The number of hydrogen-bond acceptors (Lipinski definition) is 4. The van der Waals surface area contributed by atoms with E-state index in [-0.39, 0.29) is 23.8 Å². The number of aromatic nitrogens is 1. The Morgan fingerprint density at radius 2 is 1.50 bits per heavy atom. The van der Waals surface area contributed by atoms with Gasteiger partial charge >= 0.3 is 5.97 Å². The summed E-state index contributed by atoms with van der Waals surface area (Å²) < 4.78 is 0. The second kappa shape index (κ2) is 12.5. The van der Waals surface area contributed by atoms with Crippen molar-refractivity contribution in [2.45, 2.75) is 58.4 Å². The summed E-state index contributed by atoms with van der Waals surface area (Å²) >= 11 is 0. The van der Waals surface area contributed by atoms with Crippen LogP contribution in [0, 0.1) is 0 Å². The van der Waals surface area contributed by atoms with Crippen molar-refractivity contribution in [3.05, 3.63) is 89.2 Å². The third kappa shape index (κ3) is 6.91. The zero-order valence-electron chi connectivity index (χ0n) is 19.6. The highest BCUT2D eigenvalue weighted by molar-refractivity contribution is 6.06. The molecule has 2 aromatic carbocycles. The Bertz CT molecular complexity index is 1080. The molecule has 3 aromatic rings. The molecule has 1 heterocycles. The highest BCUT2D eigenvalue weighted by Crippen LogP contribution is 2.27. The van der Waals surface area contributed by atoms with E-state index < -0.39 is 5.97 Å². The quantitative estimate of drug-likeness (QED) is 0.312. The molecule has 0 radical (unpaired) electrons. The molecule has 0 aliphatic carbocycles. The molecule has 34 heavy (non-hydrogen) atoms. The van der Waals surface area contributed by atoms with Gasteiger partial charge in [-0.2, -0.15) is 0 Å².